The molecule has 2 aromatic carbocycles. The molecule has 24 heavy (non-hydrogen) atoms. The molecule has 128 valence electrons. The molecule has 2 aromatic rings. The summed E-state index contributed by atoms with van der Waals surface area (Å²) in [6, 6.07) is 11.1. The van der Waals surface area contributed by atoms with Crippen LogP contribution in [0.25, 0.3) is 0 Å². The van der Waals surface area contributed by atoms with Gasteiger partial charge < -0.3 is 20.5 Å². The van der Waals surface area contributed by atoms with Crippen molar-refractivity contribution in [3.8, 4) is 5.75 Å². The molecule has 6 heteroatoms. The summed E-state index contributed by atoms with van der Waals surface area (Å²) in [5, 5.41) is 15.0. The molecule has 1 unspecified atom stereocenters. The van der Waals surface area contributed by atoms with E-state index in [4.69, 9.17) is 4.74 Å². The zero-order valence-corrected chi connectivity index (χ0v) is 13.7. The topological polar surface area (TPSA) is 70.6 Å². The molecule has 0 bridgehead atoms. The molecule has 0 aliphatic carbocycles. The Morgan fingerprint density at radius 1 is 1.25 bits per heavy atom. The van der Waals surface area contributed by atoms with Crippen LogP contribution >= 0.6 is 0 Å². The van der Waals surface area contributed by atoms with Gasteiger partial charge in [0.05, 0.1) is 0 Å². The molecule has 0 aliphatic rings. The summed E-state index contributed by atoms with van der Waals surface area (Å²) in [5.41, 5.74) is 2.20. The van der Waals surface area contributed by atoms with Gasteiger partial charge in [-0.2, -0.15) is 0 Å². The number of urea groups is 1. The minimum Gasteiger partial charge on any atom is -0.491 e. The van der Waals surface area contributed by atoms with Crippen molar-refractivity contribution in [1.29, 1.82) is 0 Å². The fourth-order valence-corrected chi connectivity index (χ4v) is 2.10. The average Bonchev–Trinajstić information content (AvgIpc) is 2.54. The van der Waals surface area contributed by atoms with Gasteiger partial charge in [0.1, 0.15) is 24.3 Å². The number of benzene rings is 2. The largest absolute Gasteiger partial charge is 0.491 e. The first-order valence-electron chi connectivity index (χ1n) is 7.62. The van der Waals surface area contributed by atoms with Crippen LogP contribution in [0.4, 0.5) is 14.9 Å². The van der Waals surface area contributed by atoms with Crippen LogP contribution in [0, 0.1) is 19.7 Å². The Hall–Kier alpha value is -2.60. The molecule has 2 rings (SSSR count). The van der Waals surface area contributed by atoms with E-state index in [9.17, 15) is 14.3 Å². The minimum atomic E-state index is -0.842. The van der Waals surface area contributed by atoms with Crippen molar-refractivity contribution in [3.05, 3.63) is 59.4 Å². The number of nitrogens with one attached hydrogen (secondary N) is 2. The molecule has 2 amide bonds. The van der Waals surface area contributed by atoms with Gasteiger partial charge in [-0.05, 0) is 55.3 Å². The predicted octanol–water partition coefficient (Wildman–Crippen LogP) is 3.00. The third-order valence-corrected chi connectivity index (χ3v) is 3.37. The van der Waals surface area contributed by atoms with Crippen molar-refractivity contribution in [2.75, 3.05) is 18.5 Å². The lowest BCUT2D eigenvalue weighted by molar-refractivity contribution is 0.108. The molecule has 0 fully saturated rings. The van der Waals surface area contributed by atoms with Gasteiger partial charge in [0.2, 0.25) is 0 Å². The number of aliphatic hydroxyl groups is 1. The molecule has 0 saturated carbocycles. The monoisotopic (exact) mass is 332 g/mol. The SMILES string of the molecule is Cc1cccc(OCC(O)CNC(=O)Nc2ccc(F)cc2C)c1. The summed E-state index contributed by atoms with van der Waals surface area (Å²) in [6.07, 6.45) is -0.842. The zero-order chi connectivity index (χ0) is 17.5. The van der Waals surface area contributed by atoms with Crippen molar-refractivity contribution in [2.24, 2.45) is 0 Å². The first-order valence-corrected chi connectivity index (χ1v) is 7.62. The van der Waals surface area contributed by atoms with Crippen molar-refractivity contribution in [1.82, 2.24) is 5.32 Å². The highest BCUT2D eigenvalue weighted by Crippen LogP contribution is 2.15. The molecular formula is C18H21FN2O3. The lowest BCUT2D eigenvalue weighted by Crippen LogP contribution is -2.37. The number of rotatable bonds is 6. The fraction of sp³-hybridized carbons (Fsp3) is 0.278. The number of carbonyl (C=O) groups excluding carboxylic acids is 1. The molecule has 0 heterocycles. The Morgan fingerprint density at radius 3 is 2.75 bits per heavy atom. The van der Waals surface area contributed by atoms with Crippen LogP contribution in [0.15, 0.2) is 42.5 Å². The summed E-state index contributed by atoms with van der Waals surface area (Å²) < 4.78 is 18.5. The maximum absolute atomic E-state index is 13.0. The van der Waals surface area contributed by atoms with Crippen LogP contribution in [0.2, 0.25) is 0 Å². The quantitative estimate of drug-likeness (QED) is 0.761. The van der Waals surface area contributed by atoms with E-state index in [0.717, 1.165) is 5.56 Å². The second-order valence-corrected chi connectivity index (χ2v) is 5.58. The van der Waals surface area contributed by atoms with Crippen molar-refractivity contribution >= 4 is 11.7 Å². The zero-order valence-electron chi connectivity index (χ0n) is 13.7. The highest BCUT2D eigenvalue weighted by atomic mass is 19.1. The van der Waals surface area contributed by atoms with Gasteiger partial charge in [0, 0.05) is 12.2 Å². The molecule has 1 atom stereocenters. The number of amides is 2. The molecule has 0 aromatic heterocycles. The van der Waals surface area contributed by atoms with Crippen LogP contribution in [-0.4, -0.2) is 30.4 Å². The number of halogens is 1. The van der Waals surface area contributed by atoms with Crippen LogP contribution in [0.1, 0.15) is 11.1 Å². The maximum Gasteiger partial charge on any atom is 0.319 e. The van der Waals surface area contributed by atoms with E-state index in [-0.39, 0.29) is 19.0 Å². The second-order valence-electron chi connectivity index (χ2n) is 5.58. The van der Waals surface area contributed by atoms with E-state index in [1.807, 2.05) is 25.1 Å². The van der Waals surface area contributed by atoms with Gasteiger partial charge in [-0.15, -0.1) is 0 Å². The number of anilines is 1. The van der Waals surface area contributed by atoms with Crippen molar-refractivity contribution in [3.63, 3.8) is 0 Å². The van der Waals surface area contributed by atoms with Crippen molar-refractivity contribution < 1.29 is 19.0 Å². The number of hydrogen-bond donors (Lipinski definition) is 3. The van der Waals surface area contributed by atoms with Crippen molar-refractivity contribution in [2.45, 2.75) is 20.0 Å². The Bertz CT molecular complexity index is 706. The van der Waals surface area contributed by atoms with E-state index in [2.05, 4.69) is 10.6 Å². The normalized spacial score (nSPS) is 11.7. The van der Waals surface area contributed by atoms with Crippen LogP contribution < -0.4 is 15.4 Å². The van der Waals surface area contributed by atoms with Gasteiger partial charge in [-0.1, -0.05) is 12.1 Å². The summed E-state index contributed by atoms with van der Waals surface area (Å²) in [4.78, 5) is 11.8. The standard InChI is InChI=1S/C18H21FN2O3/c1-12-4-3-5-16(8-12)24-11-15(22)10-20-18(23)21-17-7-6-14(19)9-13(17)2/h3-9,15,22H,10-11H2,1-2H3,(H2,20,21,23). The molecule has 0 radical (unpaired) electrons. The van der Waals surface area contributed by atoms with E-state index in [1.165, 1.54) is 18.2 Å². The summed E-state index contributed by atoms with van der Waals surface area (Å²) in [6.45, 7) is 3.76. The lowest BCUT2D eigenvalue weighted by atomic mass is 10.2. The maximum atomic E-state index is 13.0. The van der Waals surface area contributed by atoms with Gasteiger partial charge >= 0.3 is 6.03 Å². The molecular weight excluding hydrogens is 311 g/mol. The van der Waals surface area contributed by atoms with Crippen LogP contribution in [0.3, 0.4) is 0 Å². The van der Waals surface area contributed by atoms with Crippen LogP contribution in [-0.2, 0) is 0 Å². The summed E-state index contributed by atoms with van der Waals surface area (Å²) in [5.74, 6) is 0.308. The van der Waals surface area contributed by atoms with Gasteiger partial charge in [0.25, 0.3) is 0 Å². The number of carbonyl (C=O) groups is 1. The number of aliphatic hydroxyl groups excluding tert-OH is 1. The first kappa shape index (κ1) is 17.7. The Kier molecular flexibility index (Phi) is 6.14. The number of ether oxygens (including phenoxy) is 1. The predicted molar refractivity (Wildman–Crippen MR) is 90.8 cm³/mol. The smallest absolute Gasteiger partial charge is 0.319 e. The van der Waals surface area contributed by atoms with Gasteiger partial charge in [-0.3, -0.25) is 0 Å². The lowest BCUT2D eigenvalue weighted by Gasteiger charge is -2.14. The molecule has 0 spiro atoms. The Balaban J connectivity index is 1.74. The van der Waals surface area contributed by atoms with E-state index < -0.39 is 12.1 Å². The highest BCUT2D eigenvalue weighted by molar-refractivity contribution is 5.90. The highest BCUT2D eigenvalue weighted by Gasteiger charge is 2.09. The third kappa shape index (κ3) is 5.55. The second kappa shape index (κ2) is 8.31. The Morgan fingerprint density at radius 2 is 2.04 bits per heavy atom. The summed E-state index contributed by atoms with van der Waals surface area (Å²) in [7, 11) is 0. The number of aryl methyl sites for hydroxylation is 2. The van der Waals surface area contributed by atoms with E-state index in [0.29, 0.717) is 17.0 Å². The van der Waals surface area contributed by atoms with Gasteiger partial charge in [0.15, 0.2) is 0 Å². The third-order valence-electron chi connectivity index (χ3n) is 3.37. The fourth-order valence-electron chi connectivity index (χ4n) is 2.10. The Labute approximate surface area is 140 Å². The van der Waals surface area contributed by atoms with Gasteiger partial charge in [-0.25, -0.2) is 9.18 Å². The van der Waals surface area contributed by atoms with E-state index >= 15 is 0 Å². The minimum absolute atomic E-state index is 0.0396. The first-order chi connectivity index (χ1) is 11.4. The molecule has 3 N–H and O–H groups in total. The number of hydrogen-bond acceptors (Lipinski definition) is 3. The van der Waals surface area contributed by atoms with Crippen LogP contribution in [0.5, 0.6) is 5.75 Å². The molecule has 5 nitrogen and oxygen atoms in total. The molecule has 0 aliphatic heterocycles. The molecule has 0 saturated heterocycles. The average molecular weight is 332 g/mol. The van der Waals surface area contributed by atoms with E-state index in [1.54, 1.807) is 13.0 Å². The summed E-state index contributed by atoms with van der Waals surface area (Å²) >= 11 is 0.